The fourth-order valence-electron chi connectivity index (χ4n) is 3.29. The zero-order chi connectivity index (χ0) is 14.2. The van der Waals surface area contributed by atoms with Gasteiger partial charge in [0.2, 0.25) is 0 Å². The second kappa shape index (κ2) is 5.28. The summed E-state index contributed by atoms with van der Waals surface area (Å²) in [5.41, 5.74) is 0.457. The summed E-state index contributed by atoms with van der Waals surface area (Å²) in [5.74, 6) is 0.0776. The van der Waals surface area contributed by atoms with Gasteiger partial charge in [0.25, 0.3) is 0 Å². The summed E-state index contributed by atoms with van der Waals surface area (Å²) in [6, 6.07) is 4.46. The molecular weight excluding hydrogens is 267 g/mol. The summed E-state index contributed by atoms with van der Waals surface area (Å²) in [6.07, 6.45) is -0.319. The number of fused-ring (bicyclic) bond motifs is 1. The Kier molecular flexibility index (Phi) is 3.63. The minimum Gasteiger partial charge on any atom is -0.384 e. The van der Waals surface area contributed by atoms with Gasteiger partial charge in [-0.15, -0.1) is 0 Å². The topological polar surface area (TPSA) is 21.3 Å². The number of nitrogens with one attached hydrogen (secondary N) is 1. The fraction of sp³-hybridized carbons (Fsp3) is 0.600. The number of alkyl halides is 3. The molecule has 2 unspecified atom stereocenters. The van der Waals surface area contributed by atoms with Crippen molar-refractivity contribution in [2.45, 2.75) is 43.9 Å². The Morgan fingerprint density at radius 1 is 1.15 bits per heavy atom. The summed E-state index contributed by atoms with van der Waals surface area (Å²) in [7, 11) is 0. The van der Waals surface area contributed by atoms with Gasteiger partial charge in [-0.3, -0.25) is 0 Å². The summed E-state index contributed by atoms with van der Waals surface area (Å²) in [4.78, 5) is 0. The highest BCUT2D eigenvalue weighted by molar-refractivity contribution is 5.62. The third kappa shape index (κ3) is 2.51. The molecule has 20 heavy (non-hydrogen) atoms. The van der Waals surface area contributed by atoms with Crippen LogP contribution in [-0.4, -0.2) is 19.3 Å². The first-order valence-corrected chi connectivity index (χ1v) is 7.13. The second-order valence-electron chi connectivity index (χ2n) is 5.49. The van der Waals surface area contributed by atoms with Crippen molar-refractivity contribution in [2.75, 3.05) is 18.5 Å². The van der Waals surface area contributed by atoms with Crippen LogP contribution in [0.3, 0.4) is 0 Å². The van der Waals surface area contributed by atoms with E-state index in [2.05, 4.69) is 5.32 Å². The van der Waals surface area contributed by atoms with Gasteiger partial charge in [0.15, 0.2) is 0 Å². The molecule has 1 aromatic carbocycles. The molecular formula is C15H18F3NO. The SMILES string of the molecule is FC(F)(F)c1cccc2c1NCCC2C1CCCCO1. The van der Waals surface area contributed by atoms with Crippen LogP contribution in [0.2, 0.25) is 0 Å². The molecule has 2 aliphatic heterocycles. The average molecular weight is 285 g/mol. The monoisotopic (exact) mass is 285 g/mol. The normalized spacial score (nSPS) is 26.8. The van der Waals surface area contributed by atoms with Crippen molar-refractivity contribution in [3.63, 3.8) is 0 Å². The fourth-order valence-corrected chi connectivity index (χ4v) is 3.29. The Balaban J connectivity index is 1.96. The molecule has 0 aromatic heterocycles. The van der Waals surface area contributed by atoms with Crippen molar-refractivity contribution in [3.8, 4) is 0 Å². The van der Waals surface area contributed by atoms with Crippen LogP contribution in [-0.2, 0) is 10.9 Å². The molecule has 1 aromatic rings. The van der Waals surface area contributed by atoms with Gasteiger partial charge in [0, 0.05) is 24.8 Å². The molecule has 0 spiro atoms. The molecule has 1 N–H and O–H groups in total. The zero-order valence-corrected chi connectivity index (χ0v) is 11.2. The molecule has 0 bridgehead atoms. The third-order valence-corrected chi connectivity index (χ3v) is 4.22. The first kappa shape index (κ1) is 13.7. The maximum Gasteiger partial charge on any atom is 0.418 e. The van der Waals surface area contributed by atoms with E-state index in [4.69, 9.17) is 4.74 Å². The molecule has 0 aliphatic carbocycles. The number of halogens is 3. The smallest absolute Gasteiger partial charge is 0.384 e. The number of anilines is 1. The maximum absolute atomic E-state index is 13.1. The number of ether oxygens (including phenoxy) is 1. The highest BCUT2D eigenvalue weighted by Crippen LogP contribution is 2.44. The molecule has 0 radical (unpaired) electrons. The highest BCUT2D eigenvalue weighted by atomic mass is 19.4. The second-order valence-corrected chi connectivity index (χ2v) is 5.49. The lowest BCUT2D eigenvalue weighted by Crippen LogP contribution is -2.32. The van der Waals surface area contributed by atoms with E-state index in [0.717, 1.165) is 43.9 Å². The Bertz CT molecular complexity index is 480. The van der Waals surface area contributed by atoms with Crippen LogP contribution in [0.25, 0.3) is 0 Å². The maximum atomic E-state index is 13.1. The van der Waals surface area contributed by atoms with Crippen molar-refractivity contribution in [2.24, 2.45) is 0 Å². The average Bonchev–Trinajstić information content (AvgIpc) is 2.46. The zero-order valence-electron chi connectivity index (χ0n) is 11.2. The van der Waals surface area contributed by atoms with Gasteiger partial charge in [0.05, 0.1) is 11.7 Å². The molecule has 3 rings (SSSR count). The van der Waals surface area contributed by atoms with Gasteiger partial charge in [0.1, 0.15) is 0 Å². The van der Waals surface area contributed by atoms with Crippen LogP contribution in [0.15, 0.2) is 18.2 Å². The lowest BCUT2D eigenvalue weighted by Gasteiger charge is -2.36. The van der Waals surface area contributed by atoms with E-state index in [9.17, 15) is 13.2 Å². The molecule has 2 heterocycles. The van der Waals surface area contributed by atoms with Crippen LogP contribution in [0, 0.1) is 0 Å². The molecule has 1 saturated heterocycles. The van der Waals surface area contributed by atoms with Gasteiger partial charge >= 0.3 is 6.18 Å². The van der Waals surface area contributed by atoms with Gasteiger partial charge in [-0.2, -0.15) is 13.2 Å². The summed E-state index contributed by atoms with van der Waals surface area (Å²) < 4.78 is 45.0. The molecule has 0 amide bonds. The molecule has 5 heteroatoms. The van der Waals surface area contributed by atoms with Crippen LogP contribution < -0.4 is 5.32 Å². The molecule has 2 aliphatic rings. The number of benzene rings is 1. The van der Waals surface area contributed by atoms with Crippen molar-refractivity contribution in [3.05, 3.63) is 29.3 Å². The van der Waals surface area contributed by atoms with E-state index in [1.165, 1.54) is 6.07 Å². The van der Waals surface area contributed by atoms with E-state index in [1.54, 1.807) is 6.07 Å². The van der Waals surface area contributed by atoms with Crippen LogP contribution in [0.5, 0.6) is 0 Å². The predicted octanol–water partition coefficient (Wildman–Crippen LogP) is 4.17. The van der Waals surface area contributed by atoms with Crippen LogP contribution >= 0.6 is 0 Å². The summed E-state index contributed by atoms with van der Waals surface area (Å²) in [6.45, 7) is 1.30. The van der Waals surface area contributed by atoms with Crippen LogP contribution in [0.4, 0.5) is 18.9 Å². The number of hydrogen-bond acceptors (Lipinski definition) is 2. The molecule has 2 atom stereocenters. The molecule has 110 valence electrons. The Morgan fingerprint density at radius 3 is 2.70 bits per heavy atom. The number of rotatable bonds is 1. The molecule has 0 saturated carbocycles. The van der Waals surface area contributed by atoms with E-state index >= 15 is 0 Å². The molecule has 1 fully saturated rings. The van der Waals surface area contributed by atoms with Gasteiger partial charge < -0.3 is 10.1 Å². The lowest BCUT2D eigenvalue weighted by molar-refractivity contribution is -0.137. The Labute approximate surface area is 116 Å². The quantitative estimate of drug-likeness (QED) is 0.836. The number of hydrogen-bond donors (Lipinski definition) is 1. The number of para-hydroxylation sites is 1. The predicted molar refractivity (Wildman–Crippen MR) is 70.9 cm³/mol. The minimum atomic E-state index is -4.31. The van der Waals surface area contributed by atoms with E-state index in [0.29, 0.717) is 6.54 Å². The Hall–Kier alpha value is -1.23. The summed E-state index contributed by atoms with van der Waals surface area (Å²) >= 11 is 0. The van der Waals surface area contributed by atoms with Crippen LogP contribution in [0.1, 0.15) is 42.7 Å². The van der Waals surface area contributed by atoms with Crippen molar-refractivity contribution < 1.29 is 17.9 Å². The first-order chi connectivity index (χ1) is 9.57. The van der Waals surface area contributed by atoms with Gasteiger partial charge in [-0.05, 0) is 37.3 Å². The molecule has 2 nitrogen and oxygen atoms in total. The largest absolute Gasteiger partial charge is 0.418 e. The highest BCUT2D eigenvalue weighted by Gasteiger charge is 2.38. The van der Waals surface area contributed by atoms with E-state index in [1.807, 2.05) is 0 Å². The minimum absolute atomic E-state index is 0.0630. The standard InChI is InChI=1S/C15H18F3NO/c16-15(17,18)12-5-3-4-11-10(7-8-19-14(11)12)13-6-1-2-9-20-13/h3-5,10,13,19H,1-2,6-9H2. The first-order valence-electron chi connectivity index (χ1n) is 7.13. The lowest BCUT2D eigenvalue weighted by atomic mass is 9.82. The van der Waals surface area contributed by atoms with E-state index < -0.39 is 11.7 Å². The van der Waals surface area contributed by atoms with Gasteiger partial charge in [-0.25, -0.2) is 0 Å². The van der Waals surface area contributed by atoms with Crippen molar-refractivity contribution in [1.82, 2.24) is 0 Å². The summed E-state index contributed by atoms with van der Waals surface area (Å²) in [5, 5.41) is 2.93. The van der Waals surface area contributed by atoms with Crippen molar-refractivity contribution in [1.29, 1.82) is 0 Å². The van der Waals surface area contributed by atoms with E-state index in [-0.39, 0.29) is 17.7 Å². The third-order valence-electron chi connectivity index (χ3n) is 4.22. The van der Waals surface area contributed by atoms with Gasteiger partial charge in [-0.1, -0.05) is 12.1 Å². The Morgan fingerprint density at radius 2 is 2.00 bits per heavy atom. The van der Waals surface area contributed by atoms with Crippen molar-refractivity contribution >= 4 is 5.69 Å².